The van der Waals surface area contributed by atoms with E-state index in [1.165, 1.54) is 18.4 Å². The van der Waals surface area contributed by atoms with Crippen LogP contribution in [0, 0.1) is 0 Å². The van der Waals surface area contributed by atoms with Crippen molar-refractivity contribution < 1.29 is 4.79 Å². The van der Waals surface area contributed by atoms with Gasteiger partial charge in [0.1, 0.15) is 0 Å². The molecule has 0 aromatic heterocycles. The Kier molecular flexibility index (Phi) is 3.41. The molecule has 1 N–H and O–H groups in total. The number of urea groups is 1. The summed E-state index contributed by atoms with van der Waals surface area (Å²) in [5.74, 6) is 0. The molecule has 124 valence electrons. The minimum atomic E-state index is 0.0275. The van der Waals surface area contributed by atoms with Gasteiger partial charge in [0.25, 0.3) is 0 Å². The molecule has 2 bridgehead atoms. The zero-order valence-electron chi connectivity index (χ0n) is 14.4. The molecule has 0 saturated carbocycles. The molecule has 3 aliphatic heterocycles. The van der Waals surface area contributed by atoms with Crippen molar-refractivity contribution in [1.82, 2.24) is 10.2 Å². The Morgan fingerprint density at radius 1 is 1.17 bits per heavy atom. The molecule has 0 radical (unpaired) electrons. The zero-order chi connectivity index (χ0) is 16.2. The van der Waals surface area contributed by atoms with Gasteiger partial charge in [0.2, 0.25) is 0 Å². The maximum Gasteiger partial charge on any atom is 0.322 e. The number of carbonyl (C=O) groups is 1. The van der Waals surface area contributed by atoms with Crippen molar-refractivity contribution in [2.75, 3.05) is 18.5 Å². The minimum Gasteiger partial charge on any atom is -0.335 e. The first-order chi connectivity index (χ1) is 11.0. The average molecular weight is 313 g/mol. The Balaban J connectivity index is 1.49. The molecule has 4 heteroatoms. The summed E-state index contributed by atoms with van der Waals surface area (Å²) in [5, 5.41) is 3.32. The van der Waals surface area contributed by atoms with Crippen molar-refractivity contribution in [3.05, 3.63) is 29.8 Å². The molecule has 1 unspecified atom stereocenters. The van der Waals surface area contributed by atoms with Crippen molar-refractivity contribution in [3.63, 3.8) is 0 Å². The number of nitrogens with zero attached hydrogens (tertiary/aromatic N) is 2. The van der Waals surface area contributed by atoms with Gasteiger partial charge in [-0.25, -0.2) is 4.79 Å². The molecule has 2 fully saturated rings. The van der Waals surface area contributed by atoms with E-state index >= 15 is 0 Å². The molecular weight excluding hydrogens is 286 g/mol. The van der Waals surface area contributed by atoms with E-state index in [9.17, 15) is 4.79 Å². The van der Waals surface area contributed by atoms with Crippen LogP contribution >= 0.6 is 0 Å². The first-order valence-corrected chi connectivity index (χ1v) is 8.85. The Labute approximate surface area is 138 Å². The summed E-state index contributed by atoms with van der Waals surface area (Å²) >= 11 is 0. The third-order valence-corrected chi connectivity index (χ3v) is 6.15. The van der Waals surface area contributed by atoms with Crippen LogP contribution in [0.3, 0.4) is 0 Å². The second-order valence-corrected chi connectivity index (χ2v) is 8.16. The normalized spacial score (nSPS) is 32.0. The number of hydrogen-bond acceptors (Lipinski definition) is 2. The lowest BCUT2D eigenvalue weighted by atomic mass is 9.87. The van der Waals surface area contributed by atoms with E-state index in [1.54, 1.807) is 0 Å². The predicted octanol–water partition coefficient (Wildman–Crippen LogP) is 3.12. The molecule has 1 aromatic rings. The van der Waals surface area contributed by atoms with Gasteiger partial charge in [0.05, 0.1) is 0 Å². The van der Waals surface area contributed by atoms with E-state index in [2.05, 4.69) is 49.3 Å². The van der Waals surface area contributed by atoms with E-state index in [4.69, 9.17) is 0 Å². The fourth-order valence-electron chi connectivity index (χ4n) is 4.81. The number of fused-ring (bicyclic) bond motifs is 3. The van der Waals surface area contributed by atoms with Gasteiger partial charge in [0, 0.05) is 35.8 Å². The number of piperidine rings is 1. The van der Waals surface area contributed by atoms with E-state index in [1.807, 2.05) is 11.0 Å². The summed E-state index contributed by atoms with van der Waals surface area (Å²) in [5.41, 5.74) is 2.38. The molecule has 3 aliphatic rings. The Bertz CT molecular complexity index is 613. The highest BCUT2D eigenvalue weighted by Crippen LogP contribution is 2.40. The Morgan fingerprint density at radius 2 is 1.83 bits per heavy atom. The highest BCUT2D eigenvalue weighted by Gasteiger charge is 2.41. The average Bonchev–Trinajstić information content (AvgIpc) is 2.89. The summed E-state index contributed by atoms with van der Waals surface area (Å²) in [7, 11) is 2.24. The van der Waals surface area contributed by atoms with E-state index in [0.717, 1.165) is 25.1 Å². The summed E-state index contributed by atoms with van der Waals surface area (Å²) in [6, 6.07) is 10.0. The Morgan fingerprint density at radius 3 is 2.52 bits per heavy atom. The second-order valence-electron chi connectivity index (χ2n) is 8.16. The molecule has 4 nitrogen and oxygen atoms in total. The molecule has 4 rings (SSSR count). The van der Waals surface area contributed by atoms with E-state index in [0.29, 0.717) is 18.1 Å². The van der Waals surface area contributed by atoms with Gasteiger partial charge in [-0.2, -0.15) is 0 Å². The molecule has 3 atom stereocenters. The van der Waals surface area contributed by atoms with Gasteiger partial charge in [0.15, 0.2) is 0 Å². The molecule has 0 spiro atoms. The first kappa shape index (κ1) is 15.0. The standard InChI is InChI=1S/C19H27N3O/c1-19(2)12-22(17-7-5-4-6-16(17)19)18(23)20-13-10-14-8-9-15(11-13)21(14)3/h4-7,13-15H,8-12H2,1-3H3,(H,20,23)/t13?,14-,15+. The largest absolute Gasteiger partial charge is 0.335 e. The molecule has 0 aliphatic carbocycles. The summed E-state index contributed by atoms with van der Waals surface area (Å²) in [6.45, 7) is 5.20. The van der Waals surface area contributed by atoms with Gasteiger partial charge in [-0.1, -0.05) is 32.0 Å². The van der Waals surface area contributed by atoms with Gasteiger partial charge in [-0.3, -0.25) is 4.90 Å². The number of amides is 2. The number of benzene rings is 1. The number of carbonyl (C=O) groups excluding carboxylic acids is 1. The number of para-hydroxylation sites is 1. The van der Waals surface area contributed by atoms with Crippen molar-refractivity contribution in [3.8, 4) is 0 Å². The minimum absolute atomic E-state index is 0.0275. The predicted molar refractivity (Wildman–Crippen MR) is 92.9 cm³/mol. The third kappa shape index (κ3) is 2.44. The highest BCUT2D eigenvalue weighted by molar-refractivity contribution is 5.95. The smallest absolute Gasteiger partial charge is 0.322 e. The fourth-order valence-corrected chi connectivity index (χ4v) is 4.81. The van der Waals surface area contributed by atoms with Crippen LogP contribution in [0.25, 0.3) is 0 Å². The molecule has 2 saturated heterocycles. The lowest BCUT2D eigenvalue weighted by Crippen LogP contribution is -2.52. The Hall–Kier alpha value is -1.55. The topological polar surface area (TPSA) is 35.6 Å². The van der Waals surface area contributed by atoms with Crippen LogP contribution < -0.4 is 10.2 Å². The van der Waals surface area contributed by atoms with Crippen LogP contribution in [-0.4, -0.2) is 42.6 Å². The zero-order valence-corrected chi connectivity index (χ0v) is 14.4. The molecule has 3 heterocycles. The SMILES string of the molecule is CN1[C@@H]2CC[C@H]1CC(NC(=O)N1CC(C)(C)c3ccccc31)C2. The van der Waals surface area contributed by atoms with E-state index < -0.39 is 0 Å². The summed E-state index contributed by atoms with van der Waals surface area (Å²) < 4.78 is 0. The van der Waals surface area contributed by atoms with Gasteiger partial charge >= 0.3 is 6.03 Å². The van der Waals surface area contributed by atoms with Crippen LogP contribution in [0.2, 0.25) is 0 Å². The second kappa shape index (κ2) is 5.23. The van der Waals surface area contributed by atoms with Crippen molar-refractivity contribution in [2.24, 2.45) is 0 Å². The lowest BCUT2D eigenvalue weighted by Gasteiger charge is -2.37. The molecule has 23 heavy (non-hydrogen) atoms. The number of nitrogens with one attached hydrogen (secondary N) is 1. The van der Waals surface area contributed by atoms with Crippen molar-refractivity contribution in [2.45, 2.75) is 63.1 Å². The molecular formula is C19H27N3O. The number of rotatable bonds is 1. The first-order valence-electron chi connectivity index (χ1n) is 8.85. The van der Waals surface area contributed by atoms with Gasteiger partial charge in [-0.05, 0) is 44.4 Å². The quantitative estimate of drug-likeness (QED) is 0.864. The van der Waals surface area contributed by atoms with Gasteiger partial charge in [-0.15, -0.1) is 0 Å². The van der Waals surface area contributed by atoms with E-state index in [-0.39, 0.29) is 11.4 Å². The maximum atomic E-state index is 12.9. The third-order valence-electron chi connectivity index (χ3n) is 6.15. The van der Waals surface area contributed by atoms with Gasteiger partial charge < -0.3 is 10.2 Å². The fraction of sp³-hybridized carbons (Fsp3) is 0.632. The van der Waals surface area contributed by atoms with Crippen LogP contribution in [0.5, 0.6) is 0 Å². The number of anilines is 1. The lowest BCUT2D eigenvalue weighted by molar-refractivity contribution is 0.150. The molecule has 1 aromatic carbocycles. The summed E-state index contributed by atoms with van der Waals surface area (Å²) in [4.78, 5) is 17.3. The van der Waals surface area contributed by atoms with Crippen LogP contribution in [0.1, 0.15) is 45.1 Å². The molecule has 2 amide bonds. The number of hydrogen-bond donors (Lipinski definition) is 1. The van der Waals surface area contributed by atoms with Crippen molar-refractivity contribution >= 4 is 11.7 Å². The van der Waals surface area contributed by atoms with Crippen molar-refractivity contribution in [1.29, 1.82) is 0 Å². The summed E-state index contributed by atoms with van der Waals surface area (Å²) in [6.07, 6.45) is 4.76. The van der Waals surface area contributed by atoms with Crippen LogP contribution in [0.4, 0.5) is 10.5 Å². The highest BCUT2D eigenvalue weighted by atomic mass is 16.2. The maximum absolute atomic E-state index is 12.9. The van der Waals surface area contributed by atoms with Crippen LogP contribution in [0.15, 0.2) is 24.3 Å². The van der Waals surface area contributed by atoms with Crippen LogP contribution in [-0.2, 0) is 5.41 Å². The monoisotopic (exact) mass is 313 g/mol.